The van der Waals surface area contributed by atoms with Gasteiger partial charge in [-0.15, -0.1) is 0 Å². The quantitative estimate of drug-likeness (QED) is 0.775. The van der Waals surface area contributed by atoms with Crippen LogP contribution in [0.1, 0.15) is 6.92 Å². The molecule has 2 heterocycles. The van der Waals surface area contributed by atoms with Crippen LogP contribution in [0.5, 0.6) is 0 Å². The maximum Gasteiger partial charge on any atom is 0.296 e. The maximum atomic E-state index is 12.0. The molecule has 0 bridgehead atoms. The van der Waals surface area contributed by atoms with E-state index in [1.54, 1.807) is 23.0 Å². The highest BCUT2D eigenvalue weighted by Gasteiger charge is 2.13. The number of halogens is 2. The molecular formula is C9H8ClIN4O. The van der Waals surface area contributed by atoms with Crippen LogP contribution >= 0.6 is 34.2 Å². The Bertz CT molecular complexity index is 564. The first kappa shape index (κ1) is 11.6. The lowest BCUT2D eigenvalue weighted by molar-refractivity contribution is 0.675. The Labute approximate surface area is 110 Å². The van der Waals surface area contributed by atoms with E-state index in [9.17, 15) is 4.79 Å². The standard InChI is InChI=1S/C9H8ClIN4O/c1-2-14-7(11)6(10)13-8(9(14)16)15-5-3-4-12-15/h3-5H,2H2,1H3. The molecule has 0 fully saturated rings. The van der Waals surface area contributed by atoms with Crippen LogP contribution in [-0.2, 0) is 6.54 Å². The van der Waals surface area contributed by atoms with E-state index in [1.807, 2.05) is 29.5 Å². The zero-order valence-electron chi connectivity index (χ0n) is 8.39. The van der Waals surface area contributed by atoms with Crippen molar-refractivity contribution in [2.45, 2.75) is 13.5 Å². The lowest BCUT2D eigenvalue weighted by atomic mass is 10.5. The van der Waals surface area contributed by atoms with Crippen LogP contribution in [0.4, 0.5) is 0 Å². The van der Waals surface area contributed by atoms with E-state index in [0.717, 1.165) is 0 Å². The van der Waals surface area contributed by atoms with Crippen molar-refractivity contribution < 1.29 is 0 Å². The molecule has 5 nitrogen and oxygen atoms in total. The van der Waals surface area contributed by atoms with Crippen molar-refractivity contribution in [2.24, 2.45) is 0 Å². The van der Waals surface area contributed by atoms with E-state index in [-0.39, 0.29) is 11.4 Å². The molecule has 0 aromatic carbocycles. The summed E-state index contributed by atoms with van der Waals surface area (Å²) in [4.78, 5) is 16.1. The summed E-state index contributed by atoms with van der Waals surface area (Å²) < 4.78 is 3.62. The first-order valence-corrected chi connectivity index (χ1v) is 6.06. The zero-order valence-corrected chi connectivity index (χ0v) is 11.3. The number of hydrogen-bond acceptors (Lipinski definition) is 3. The second kappa shape index (κ2) is 4.54. The third-order valence-electron chi connectivity index (χ3n) is 2.09. The number of nitrogens with zero attached hydrogens (tertiary/aromatic N) is 4. The number of rotatable bonds is 2. The molecule has 84 valence electrons. The van der Waals surface area contributed by atoms with Crippen molar-refractivity contribution in [1.82, 2.24) is 19.3 Å². The van der Waals surface area contributed by atoms with Gasteiger partial charge in [-0.05, 0) is 35.6 Å². The summed E-state index contributed by atoms with van der Waals surface area (Å²) in [6.07, 6.45) is 3.25. The fraction of sp³-hybridized carbons (Fsp3) is 0.222. The van der Waals surface area contributed by atoms with E-state index in [2.05, 4.69) is 10.1 Å². The SMILES string of the molecule is CCn1c(I)c(Cl)nc(-n2cccn2)c1=O. The third kappa shape index (κ3) is 1.86. The minimum Gasteiger partial charge on any atom is -0.298 e. The van der Waals surface area contributed by atoms with Crippen LogP contribution in [0.15, 0.2) is 23.3 Å². The molecule has 0 radical (unpaired) electrons. The van der Waals surface area contributed by atoms with Crippen molar-refractivity contribution in [3.05, 3.63) is 37.7 Å². The Kier molecular flexibility index (Phi) is 3.29. The normalized spacial score (nSPS) is 10.7. The highest BCUT2D eigenvalue weighted by atomic mass is 127. The molecular weight excluding hydrogens is 342 g/mol. The topological polar surface area (TPSA) is 52.7 Å². The predicted octanol–water partition coefficient (Wildman–Crippen LogP) is 1.71. The molecule has 0 atom stereocenters. The van der Waals surface area contributed by atoms with Crippen LogP contribution in [0, 0.1) is 3.70 Å². The van der Waals surface area contributed by atoms with Crippen molar-refractivity contribution >= 4 is 34.2 Å². The van der Waals surface area contributed by atoms with E-state index >= 15 is 0 Å². The van der Waals surface area contributed by atoms with Crippen molar-refractivity contribution in [1.29, 1.82) is 0 Å². The molecule has 0 saturated heterocycles. The molecule has 0 aliphatic carbocycles. The average Bonchev–Trinajstić information content (AvgIpc) is 2.77. The fourth-order valence-electron chi connectivity index (χ4n) is 1.33. The van der Waals surface area contributed by atoms with Gasteiger partial charge in [0.2, 0.25) is 5.82 Å². The van der Waals surface area contributed by atoms with Gasteiger partial charge in [-0.3, -0.25) is 9.36 Å². The smallest absolute Gasteiger partial charge is 0.296 e. The van der Waals surface area contributed by atoms with Gasteiger partial charge in [-0.2, -0.15) is 5.10 Å². The summed E-state index contributed by atoms with van der Waals surface area (Å²) in [7, 11) is 0. The van der Waals surface area contributed by atoms with E-state index in [4.69, 9.17) is 11.6 Å². The van der Waals surface area contributed by atoms with Crippen LogP contribution in [0.2, 0.25) is 5.15 Å². The van der Waals surface area contributed by atoms with Crippen molar-refractivity contribution in [2.75, 3.05) is 0 Å². The van der Waals surface area contributed by atoms with Crippen molar-refractivity contribution in [3.8, 4) is 5.82 Å². The average molecular weight is 351 g/mol. The second-order valence-corrected chi connectivity index (χ2v) is 4.40. The summed E-state index contributed by atoms with van der Waals surface area (Å²) in [5, 5.41) is 4.29. The van der Waals surface area contributed by atoms with E-state index in [1.165, 1.54) is 4.68 Å². The van der Waals surface area contributed by atoms with E-state index in [0.29, 0.717) is 15.4 Å². The predicted molar refractivity (Wildman–Crippen MR) is 69.0 cm³/mol. The summed E-state index contributed by atoms with van der Waals surface area (Å²) >= 11 is 7.97. The molecule has 7 heteroatoms. The summed E-state index contributed by atoms with van der Waals surface area (Å²) in [5.41, 5.74) is -0.194. The Hall–Kier alpha value is -0.890. The summed E-state index contributed by atoms with van der Waals surface area (Å²) in [5.74, 6) is 0.220. The van der Waals surface area contributed by atoms with Gasteiger partial charge in [0.1, 0.15) is 3.70 Å². The lowest BCUT2D eigenvalue weighted by Crippen LogP contribution is -2.28. The van der Waals surface area contributed by atoms with Crippen LogP contribution < -0.4 is 5.56 Å². The fourth-order valence-corrected chi connectivity index (χ4v) is 2.20. The first-order valence-electron chi connectivity index (χ1n) is 4.61. The molecule has 0 aliphatic rings. The Balaban J connectivity index is 2.74. The minimum atomic E-state index is -0.194. The van der Waals surface area contributed by atoms with Gasteiger partial charge >= 0.3 is 0 Å². The van der Waals surface area contributed by atoms with Crippen LogP contribution in [-0.4, -0.2) is 19.3 Å². The molecule has 2 rings (SSSR count). The highest BCUT2D eigenvalue weighted by molar-refractivity contribution is 14.1. The molecule has 0 N–H and O–H groups in total. The highest BCUT2D eigenvalue weighted by Crippen LogP contribution is 2.15. The Morgan fingerprint density at radius 2 is 2.31 bits per heavy atom. The van der Waals surface area contributed by atoms with Gasteiger partial charge < -0.3 is 0 Å². The summed E-state index contributed by atoms with van der Waals surface area (Å²) in [6, 6.07) is 1.73. The van der Waals surface area contributed by atoms with Crippen molar-refractivity contribution in [3.63, 3.8) is 0 Å². The maximum absolute atomic E-state index is 12.0. The molecule has 0 unspecified atom stereocenters. The van der Waals surface area contributed by atoms with Gasteiger partial charge in [0.15, 0.2) is 5.15 Å². The van der Waals surface area contributed by atoms with Gasteiger partial charge in [0, 0.05) is 18.9 Å². The van der Waals surface area contributed by atoms with Crippen LogP contribution in [0.3, 0.4) is 0 Å². The largest absolute Gasteiger partial charge is 0.298 e. The molecule has 0 saturated carbocycles. The second-order valence-electron chi connectivity index (χ2n) is 3.02. The van der Waals surface area contributed by atoms with Gasteiger partial charge in [0.05, 0.1) is 0 Å². The molecule has 0 aliphatic heterocycles. The number of aromatic nitrogens is 4. The molecule has 2 aromatic rings. The van der Waals surface area contributed by atoms with Gasteiger partial charge in [-0.1, -0.05) is 11.6 Å². The summed E-state index contributed by atoms with van der Waals surface area (Å²) in [6.45, 7) is 2.43. The monoisotopic (exact) mass is 350 g/mol. The van der Waals surface area contributed by atoms with E-state index < -0.39 is 0 Å². The number of hydrogen-bond donors (Lipinski definition) is 0. The third-order valence-corrected chi connectivity index (χ3v) is 3.76. The Morgan fingerprint density at radius 1 is 1.56 bits per heavy atom. The minimum absolute atomic E-state index is 0.194. The zero-order chi connectivity index (χ0) is 11.7. The van der Waals surface area contributed by atoms with Gasteiger partial charge in [0.25, 0.3) is 5.56 Å². The molecule has 0 spiro atoms. The van der Waals surface area contributed by atoms with Gasteiger partial charge in [-0.25, -0.2) is 9.67 Å². The lowest BCUT2D eigenvalue weighted by Gasteiger charge is -2.09. The Morgan fingerprint density at radius 3 is 2.88 bits per heavy atom. The first-order chi connectivity index (χ1) is 7.65. The molecule has 0 amide bonds. The molecule has 16 heavy (non-hydrogen) atoms. The van der Waals surface area contributed by atoms with Crippen LogP contribution in [0.25, 0.3) is 5.82 Å². The molecule has 2 aromatic heterocycles.